The molecule has 1 atom stereocenters. The lowest BCUT2D eigenvalue weighted by molar-refractivity contribution is -0.119. The van der Waals surface area contributed by atoms with Crippen LogP contribution < -0.4 is 5.32 Å². The SMILES string of the molecule is CC(C)(C)c1nc2cc(NC(=O)C3CCCN3C(=O)c3ccccc3O)ccc2o1. The van der Waals surface area contributed by atoms with Crippen LogP contribution >= 0.6 is 0 Å². The Morgan fingerprint density at radius 3 is 2.70 bits per heavy atom. The number of aromatic hydroxyl groups is 1. The van der Waals surface area contributed by atoms with E-state index < -0.39 is 6.04 Å². The lowest BCUT2D eigenvalue weighted by Gasteiger charge is -2.24. The fraction of sp³-hybridized carbons (Fsp3) is 0.348. The summed E-state index contributed by atoms with van der Waals surface area (Å²) >= 11 is 0. The lowest BCUT2D eigenvalue weighted by atomic mass is 9.97. The maximum Gasteiger partial charge on any atom is 0.258 e. The Kier molecular flexibility index (Phi) is 4.97. The van der Waals surface area contributed by atoms with Crippen molar-refractivity contribution in [2.75, 3.05) is 11.9 Å². The van der Waals surface area contributed by atoms with E-state index in [1.54, 1.807) is 36.4 Å². The molecule has 1 saturated heterocycles. The van der Waals surface area contributed by atoms with Crippen LogP contribution in [0.25, 0.3) is 11.1 Å². The molecule has 1 fully saturated rings. The highest BCUT2D eigenvalue weighted by molar-refractivity contribution is 6.03. The number of amides is 2. The van der Waals surface area contributed by atoms with Gasteiger partial charge >= 0.3 is 0 Å². The molecule has 1 aromatic heterocycles. The van der Waals surface area contributed by atoms with Gasteiger partial charge in [-0.25, -0.2) is 4.98 Å². The van der Waals surface area contributed by atoms with E-state index in [1.165, 1.54) is 11.0 Å². The van der Waals surface area contributed by atoms with Crippen LogP contribution in [0.15, 0.2) is 46.9 Å². The van der Waals surface area contributed by atoms with Crippen molar-refractivity contribution in [2.24, 2.45) is 0 Å². The third-order valence-corrected chi connectivity index (χ3v) is 5.25. The molecule has 0 aliphatic carbocycles. The van der Waals surface area contributed by atoms with Gasteiger partial charge in [-0.1, -0.05) is 32.9 Å². The molecular formula is C23H25N3O4. The highest BCUT2D eigenvalue weighted by Crippen LogP contribution is 2.28. The van der Waals surface area contributed by atoms with Crippen molar-refractivity contribution in [2.45, 2.75) is 45.1 Å². The van der Waals surface area contributed by atoms with Crippen molar-refractivity contribution in [3.8, 4) is 5.75 Å². The molecule has 30 heavy (non-hydrogen) atoms. The average Bonchev–Trinajstić information content (AvgIpc) is 3.34. The molecule has 0 radical (unpaired) electrons. The molecule has 156 valence electrons. The number of rotatable bonds is 3. The van der Waals surface area contributed by atoms with E-state index >= 15 is 0 Å². The fourth-order valence-corrected chi connectivity index (χ4v) is 3.64. The van der Waals surface area contributed by atoms with Gasteiger partial charge in [0, 0.05) is 17.6 Å². The van der Waals surface area contributed by atoms with E-state index in [0.29, 0.717) is 35.6 Å². The van der Waals surface area contributed by atoms with Crippen LogP contribution in [0.1, 0.15) is 49.9 Å². The predicted molar refractivity (Wildman–Crippen MR) is 114 cm³/mol. The largest absolute Gasteiger partial charge is 0.507 e. The Balaban J connectivity index is 1.53. The Morgan fingerprint density at radius 2 is 1.97 bits per heavy atom. The van der Waals surface area contributed by atoms with Gasteiger partial charge in [0.2, 0.25) is 11.8 Å². The summed E-state index contributed by atoms with van der Waals surface area (Å²) in [7, 11) is 0. The minimum Gasteiger partial charge on any atom is -0.507 e. The molecule has 2 amide bonds. The monoisotopic (exact) mass is 407 g/mol. The number of hydrogen-bond donors (Lipinski definition) is 2. The van der Waals surface area contributed by atoms with Gasteiger partial charge in [-0.2, -0.15) is 0 Å². The number of oxazole rings is 1. The number of nitrogens with zero attached hydrogens (tertiary/aromatic N) is 2. The average molecular weight is 407 g/mol. The van der Waals surface area contributed by atoms with E-state index in [9.17, 15) is 14.7 Å². The van der Waals surface area contributed by atoms with Gasteiger partial charge in [-0.3, -0.25) is 9.59 Å². The van der Waals surface area contributed by atoms with Gasteiger partial charge in [0.1, 0.15) is 17.3 Å². The number of carbonyl (C=O) groups excluding carboxylic acids is 2. The first-order valence-corrected chi connectivity index (χ1v) is 10.0. The van der Waals surface area contributed by atoms with Gasteiger partial charge in [-0.05, 0) is 43.2 Å². The number of likely N-dealkylation sites (tertiary alicyclic amines) is 1. The fourth-order valence-electron chi connectivity index (χ4n) is 3.64. The van der Waals surface area contributed by atoms with E-state index in [2.05, 4.69) is 10.3 Å². The summed E-state index contributed by atoms with van der Waals surface area (Å²) in [6, 6.07) is 11.1. The van der Waals surface area contributed by atoms with Gasteiger partial charge in [0.05, 0.1) is 5.56 Å². The van der Waals surface area contributed by atoms with Crippen LogP contribution in [0, 0.1) is 0 Å². The molecular weight excluding hydrogens is 382 g/mol. The van der Waals surface area contributed by atoms with Crippen LogP contribution in [0.5, 0.6) is 5.75 Å². The molecule has 0 saturated carbocycles. The summed E-state index contributed by atoms with van der Waals surface area (Å²) in [5, 5.41) is 12.9. The molecule has 2 aromatic carbocycles. The van der Waals surface area contributed by atoms with Crippen LogP contribution in [-0.2, 0) is 10.2 Å². The minimum absolute atomic E-state index is 0.0836. The minimum atomic E-state index is -0.588. The van der Waals surface area contributed by atoms with E-state index in [0.717, 1.165) is 6.42 Å². The summed E-state index contributed by atoms with van der Waals surface area (Å²) in [5.41, 5.74) is 1.93. The molecule has 1 unspecified atom stereocenters. The molecule has 3 aromatic rings. The highest BCUT2D eigenvalue weighted by Gasteiger charge is 2.35. The van der Waals surface area contributed by atoms with Gasteiger partial charge < -0.3 is 19.7 Å². The number of carbonyl (C=O) groups is 2. The standard InChI is InChI=1S/C23H25N3O4/c1-23(2,3)22-25-16-13-14(10-11-19(16)30-22)24-20(28)17-8-6-12-26(17)21(29)15-7-4-5-9-18(15)27/h4-5,7,9-11,13,17,27H,6,8,12H2,1-3H3,(H,24,28). The van der Waals surface area contributed by atoms with Crippen molar-refractivity contribution in [1.82, 2.24) is 9.88 Å². The zero-order valence-corrected chi connectivity index (χ0v) is 17.3. The third-order valence-electron chi connectivity index (χ3n) is 5.25. The second-order valence-corrected chi connectivity index (χ2v) is 8.61. The first kappa shape index (κ1) is 19.9. The Bertz CT molecular complexity index is 1110. The quantitative estimate of drug-likeness (QED) is 0.682. The molecule has 0 bridgehead atoms. The number of benzene rings is 2. The van der Waals surface area contributed by atoms with E-state index in [-0.39, 0.29) is 28.5 Å². The maximum absolute atomic E-state index is 12.9. The zero-order chi connectivity index (χ0) is 21.5. The van der Waals surface area contributed by atoms with Crippen LogP contribution in [0.2, 0.25) is 0 Å². The van der Waals surface area contributed by atoms with Crippen molar-refractivity contribution >= 4 is 28.6 Å². The smallest absolute Gasteiger partial charge is 0.258 e. The lowest BCUT2D eigenvalue weighted by Crippen LogP contribution is -2.43. The molecule has 4 rings (SSSR count). The zero-order valence-electron chi connectivity index (χ0n) is 17.3. The van der Waals surface area contributed by atoms with Crippen molar-refractivity contribution in [3.05, 3.63) is 53.9 Å². The number of nitrogens with one attached hydrogen (secondary N) is 1. The summed E-state index contributed by atoms with van der Waals surface area (Å²) < 4.78 is 5.80. The van der Waals surface area contributed by atoms with E-state index in [1.807, 2.05) is 20.8 Å². The summed E-state index contributed by atoms with van der Waals surface area (Å²) in [4.78, 5) is 31.9. The Labute approximate surface area is 174 Å². The number of fused-ring (bicyclic) bond motifs is 1. The second kappa shape index (κ2) is 7.48. The second-order valence-electron chi connectivity index (χ2n) is 8.61. The number of anilines is 1. The van der Waals surface area contributed by atoms with Crippen molar-refractivity contribution in [3.63, 3.8) is 0 Å². The molecule has 0 spiro atoms. The first-order chi connectivity index (χ1) is 14.2. The van der Waals surface area contributed by atoms with Crippen LogP contribution in [-0.4, -0.2) is 39.4 Å². The molecule has 1 aliphatic rings. The molecule has 2 heterocycles. The molecule has 7 heteroatoms. The van der Waals surface area contributed by atoms with E-state index in [4.69, 9.17) is 4.42 Å². The van der Waals surface area contributed by atoms with Crippen molar-refractivity contribution < 1.29 is 19.1 Å². The number of phenolic OH excluding ortho intramolecular Hbond substituents is 1. The highest BCUT2D eigenvalue weighted by atomic mass is 16.3. The van der Waals surface area contributed by atoms with Gasteiger partial charge in [-0.15, -0.1) is 0 Å². The third kappa shape index (κ3) is 3.75. The maximum atomic E-state index is 12.9. The topological polar surface area (TPSA) is 95.7 Å². The summed E-state index contributed by atoms with van der Waals surface area (Å²) in [6.07, 6.45) is 1.31. The van der Waals surface area contributed by atoms with Gasteiger partial charge in [0.25, 0.3) is 5.91 Å². The van der Waals surface area contributed by atoms with Crippen molar-refractivity contribution in [1.29, 1.82) is 0 Å². The Hall–Kier alpha value is -3.35. The molecule has 1 aliphatic heterocycles. The number of para-hydroxylation sites is 1. The normalized spacial score (nSPS) is 16.8. The summed E-state index contributed by atoms with van der Waals surface area (Å²) in [6.45, 7) is 6.55. The number of phenols is 1. The van der Waals surface area contributed by atoms with Gasteiger partial charge in [0.15, 0.2) is 5.58 Å². The van der Waals surface area contributed by atoms with Crippen LogP contribution in [0.3, 0.4) is 0 Å². The van der Waals surface area contributed by atoms with Crippen LogP contribution in [0.4, 0.5) is 5.69 Å². The number of aromatic nitrogens is 1. The summed E-state index contributed by atoms with van der Waals surface area (Å²) in [5.74, 6) is -0.0430. The Morgan fingerprint density at radius 1 is 1.20 bits per heavy atom. The number of hydrogen-bond acceptors (Lipinski definition) is 5. The first-order valence-electron chi connectivity index (χ1n) is 10.0. The molecule has 7 nitrogen and oxygen atoms in total. The molecule has 2 N–H and O–H groups in total. The predicted octanol–water partition coefficient (Wildman–Crippen LogP) is 4.07.